The molecule has 0 saturated carbocycles. The Bertz CT molecular complexity index is 1230. The van der Waals surface area contributed by atoms with E-state index in [1.54, 1.807) is 6.20 Å². The fourth-order valence-electron chi connectivity index (χ4n) is 3.47. The SMILES string of the molecule is Cc1ccc(-c2ccc(-c3nc4ccn(Cc5ncc[nH]5)cc-4n3)cc2)cc1C. The monoisotopic (exact) mass is 379 g/mol. The number of fused-ring (bicyclic) bond motifs is 1. The van der Waals surface area contributed by atoms with Crippen LogP contribution in [0.3, 0.4) is 0 Å². The van der Waals surface area contributed by atoms with E-state index in [2.05, 4.69) is 70.8 Å². The Hall–Kier alpha value is -3.73. The number of hydrogen-bond acceptors (Lipinski definition) is 3. The summed E-state index contributed by atoms with van der Waals surface area (Å²) in [6, 6.07) is 17.0. The van der Waals surface area contributed by atoms with Crippen LogP contribution in [0.1, 0.15) is 17.0 Å². The zero-order valence-electron chi connectivity index (χ0n) is 16.4. The Morgan fingerprint density at radius 3 is 2.34 bits per heavy atom. The zero-order valence-corrected chi connectivity index (χ0v) is 16.4. The van der Waals surface area contributed by atoms with E-state index in [4.69, 9.17) is 9.97 Å². The average Bonchev–Trinajstić information content (AvgIpc) is 3.40. The predicted molar refractivity (Wildman–Crippen MR) is 115 cm³/mol. The van der Waals surface area contributed by atoms with Gasteiger partial charge in [-0.15, -0.1) is 0 Å². The van der Waals surface area contributed by atoms with E-state index >= 15 is 0 Å². The maximum absolute atomic E-state index is 4.74. The smallest absolute Gasteiger partial charge is 0.160 e. The first-order chi connectivity index (χ1) is 14.2. The molecule has 0 bridgehead atoms. The highest BCUT2D eigenvalue weighted by Gasteiger charge is 2.13. The maximum atomic E-state index is 4.74. The Morgan fingerprint density at radius 2 is 1.59 bits per heavy atom. The van der Waals surface area contributed by atoms with Crippen LogP contribution in [0.15, 0.2) is 73.3 Å². The van der Waals surface area contributed by atoms with Crippen molar-refractivity contribution in [3.8, 4) is 33.9 Å². The number of rotatable bonds is 4. The van der Waals surface area contributed by atoms with E-state index < -0.39 is 0 Å². The van der Waals surface area contributed by atoms with Gasteiger partial charge in [-0.2, -0.15) is 0 Å². The number of H-pyrrole nitrogens is 1. The van der Waals surface area contributed by atoms with Crippen LogP contribution in [0.4, 0.5) is 0 Å². The molecule has 2 aromatic carbocycles. The number of aromatic nitrogens is 5. The summed E-state index contributed by atoms with van der Waals surface area (Å²) in [6.07, 6.45) is 7.61. The second-order valence-electron chi connectivity index (χ2n) is 7.35. The standard InChI is InChI=1S/C24H21N5/c1-16-3-4-20(13-17(16)2)18-5-7-19(8-6-18)24-27-21-9-12-29(14-22(21)28-24)15-23-25-10-11-26-23/h3-14H,15H2,1-2H3,(H,25,26). The molecule has 0 radical (unpaired) electrons. The number of aromatic amines is 1. The molecule has 1 aromatic heterocycles. The average molecular weight is 379 g/mol. The molecule has 142 valence electrons. The summed E-state index contributed by atoms with van der Waals surface area (Å²) in [5.41, 5.74) is 7.84. The largest absolute Gasteiger partial charge is 0.347 e. The Kier molecular flexibility index (Phi) is 4.21. The molecule has 0 fully saturated rings. The lowest BCUT2D eigenvalue weighted by molar-refractivity contribution is 0.749. The molecule has 5 rings (SSSR count). The van der Waals surface area contributed by atoms with Crippen molar-refractivity contribution in [2.24, 2.45) is 0 Å². The minimum Gasteiger partial charge on any atom is -0.347 e. The van der Waals surface area contributed by atoms with Crippen molar-refractivity contribution in [2.45, 2.75) is 20.4 Å². The minimum absolute atomic E-state index is 0.676. The fraction of sp³-hybridized carbons (Fsp3) is 0.125. The van der Waals surface area contributed by atoms with Crippen molar-refractivity contribution in [1.82, 2.24) is 24.5 Å². The Morgan fingerprint density at radius 1 is 0.828 bits per heavy atom. The summed E-state index contributed by atoms with van der Waals surface area (Å²) >= 11 is 0. The van der Waals surface area contributed by atoms with Crippen LogP contribution < -0.4 is 0 Å². The van der Waals surface area contributed by atoms with Crippen molar-refractivity contribution < 1.29 is 0 Å². The van der Waals surface area contributed by atoms with Gasteiger partial charge in [-0.3, -0.25) is 0 Å². The van der Waals surface area contributed by atoms with Crippen molar-refractivity contribution in [3.63, 3.8) is 0 Å². The number of imidazole rings is 2. The van der Waals surface area contributed by atoms with Crippen molar-refractivity contribution in [1.29, 1.82) is 0 Å². The molecule has 5 nitrogen and oxygen atoms in total. The Balaban J connectivity index is 1.43. The summed E-state index contributed by atoms with van der Waals surface area (Å²) in [7, 11) is 0. The van der Waals surface area contributed by atoms with Gasteiger partial charge in [0.25, 0.3) is 0 Å². The molecule has 0 spiro atoms. The lowest BCUT2D eigenvalue weighted by atomic mass is 9.99. The quantitative estimate of drug-likeness (QED) is 0.472. The summed E-state index contributed by atoms with van der Waals surface area (Å²) in [5.74, 6) is 1.67. The molecular weight excluding hydrogens is 358 g/mol. The summed E-state index contributed by atoms with van der Waals surface area (Å²) in [4.78, 5) is 16.8. The normalized spacial score (nSPS) is 11.2. The zero-order chi connectivity index (χ0) is 19.8. The molecule has 2 aliphatic rings. The van der Waals surface area contributed by atoms with Gasteiger partial charge in [0.15, 0.2) is 5.82 Å². The van der Waals surface area contributed by atoms with Crippen LogP contribution in [0.2, 0.25) is 0 Å². The van der Waals surface area contributed by atoms with Crippen LogP contribution in [0, 0.1) is 13.8 Å². The van der Waals surface area contributed by atoms with Gasteiger partial charge >= 0.3 is 0 Å². The molecule has 2 aliphatic heterocycles. The van der Waals surface area contributed by atoms with Crippen LogP contribution in [0.5, 0.6) is 0 Å². The van der Waals surface area contributed by atoms with Gasteiger partial charge in [0, 0.05) is 30.4 Å². The Labute approximate surface area is 169 Å². The van der Waals surface area contributed by atoms with Crippen molar-refractivity contribution >= 4 is 0 Å². The first kappa shape index (κ1) is 17.4. The van der Waals surface area contributed by atoms with Gasteiger partial charge < -0.3 is 9.55 Å². The maximum Gasteiger partial charge on any atom is 0.160 e. The molecule has 3 aromatic rings. The molecule has 3 heterocycles. The third-order valence-corrected chi connectivity index (χ3v) is 5.30. The third-order valence-electron chi connectivity index (χ3n) is 5.30. The molecule has 5 heteroatoms. The van der Waals surface area contributed by atoms with Crippen molar-refractivity contribution in [3.05, 3.63) is 90.3 Å². The first-order valence-electron chi connectivity index (χ1n) is 9.65. The molecule has 1 N–H and O–H groups in total. The van der Waals surface area contributed by atoms with Gasteiger partial charge in [-0.1, -0.05) is 42.5 Å². The lowest BCUT2D eigenvalue weighted by Gasteiger charge is -2.06. The van der Waals surface area contributed by atoms with Gasteiger partial charge in [0.05, 0.1) is 12.2 Å². The highest BCUT2D eigenvalue weighted by molar-refractivity contribution is 5.71. The van der Waals surface area contributed by atoms with Crippen LogP contribution >= 0.6 is 0 Å². The van der Waals surface area contributed by atoms with Crippen LogP contribution in [-0.4, -0.2) is 24.5 Å². The molecule has 0 atom stereocenters. The summed E-state index contributed by atoms with van der Waals surface area (Å²) < 4.78 is 2.06. The highest BCUT2D eigenvalue weighted by atomic mass is 15.0. The number of nitrogens with one attached hydrogen (secondary N) is 1. The summed E-state index contributed by atoms with van der Waals surface area (Å²) in [5, 5.41) is 0. The van der Waals surface area contributed by atoms with E-state index in [-0.39, 0.29) is 0 Å². The van der Waals surface area contributed by atoms with Gasteiger partial charge in [-0.25, -0.2) is 15.0 Å². The minimum atomic E-state index is 0.676. The van der Waals surface area contributed by atoms with Gasteiger partial charge in [-0.05, 0) is 42.2 Å². The number of pyridine rings is 1. The molecule has 0 amide bonds. The number of hydrogen-bond donors (Lipinski definition) is 1. The second-order valence-corrected chi connectivity index (χ2v) is 7.35. The van der Waals surface area contributed by atoms with E-state index in [1.807, 2.05) is 24.7 Å². The topological polar surface area (TPSA) is 59.4 Å². The van der Waals surface area contributed by atoms with E-state index in [0.717, 1.165) is 28.6 Å². The first-order valence-corrected chi connectivity index (χ1v) is 9.65. The van der Waals surface area contributed by atoms with Crippen LogP contribution in [-0.2, 0) is 6.54 Å². The van der Waals surface area contributed by atoms with Crippen LogP contribution in [0.25, 0.3) is 33.9 Å². The number of nitrogens with zero attached hydrogens (tertiary/aromatic N) is 4. The summed E-state index contributed by atoms with van der Waals surface area (Å²) in [6.45, 7) is 4.96. The fourth-order valence-corrected chi connectivity index (χ4v) is 3.47. The number of aryl methyl sites for hydroxylation is 2. The van der Waals surface area contributed by atoms with Crippen molar-refractivity contribution in [2.75, 3.05) is 0 Å². The molecule has 0 saturated heterocycles. The van der Waals surface area contributed by atoms with E-state index in [1.165, 1.54) is 22.3 Å². The molecule has 0 aliphatic carbocycles. The van der Waals surface area contributed by atoms with Gasteiger partial charge in [0.1, 0.15) is 11.5 Å². The second kappa shape index (κ2) is 7.02. The van der Waals surface area contributed by atoms with Gasteiger partial charge in [0.2, 0.25) is 0 Å². The third kappa shape index (κ3) is 3.43. The predicted octanol–water partition coefficient (Wildman–Crippen LogP) is 5.11. The molecular formula is C24H21N5. The lowest BCUT2D eigenvalue weighted by Crippen LogP contribution is -2.02. The number of benzene rings is 2. The molecule has 29 heavy (non-hydrogen) atoms. The molecule has 0 unspecified atom stereocenters. The van der Waals surface area contributed by atoms with E-state index in [0.29, 0.717) is 6.54 Å². The van der Waals surface area contributed by atoms with E-state index in [9.17, 15) is 0 Å². The highest BCUT2D eigenvalue weighted by Crippen LogP contribution is 2.28.